The number of aromatic hydroxyl groups is 1. The minimum atomic E-state index is -0.746. The lowest BCUT2D eigenvalue weighted by Gasteiger charge is -2.17. The van der Waals surface area contributed by atoms with Gasteiger partial charge in [0.25, 0.3) is 0 Å². The van der Waals surface area contributed by atoms with Crippen molar-refractivity contribution in [3.05, 3.63) is 76.1 Å². The zero-order chi connectivity index (χ0) is 26.4. The van der Waals surface area contributed by atoms with Gasteiger partial charge in [0, 0.05) is 18.7 Å². The predicted molar refractivity (Wildman–Crippen MR) is 137 cm³/mol. The molecule has 37 heavy (non-hydrogen) atoms. The fourth-order valence-corrected chi connectivity index (χ4v) is 3.95. The number of hydrogen-bond donors (Lipinski definition) is 1. The summed E-state index contributed by atoms with van der Waals surface area (Å²) in [6, 6.07) is 16.0. The Labute approximate surface area is 213 Å². The molecule has 0 aliphatic heterocycles. The second-order valence-electron chi connectivity index (χ2n) is 8.01. The molecule has 0 unspecified atom stereocenters. The summed E-state index contributed by atoms with van der Waals surface area (Å²) in [6.07, 6.45) is 0. The maximum atomic E-state index is 13.2. The minimum absolute atomic E-state index is 0.0311. The van der Waals surface area contributed by atoms with E-state index in [2.05, 4.69) is 0 Å². The summed E-state index contributed by atoms with van der Waals surface area (Å²) in [5.74, 6) is 1.27. The molecule has 0 aliphatic carbocycles. The monoisotopic (exact) mass is 508 g/mol. The van der Waals surface area contributed by atoms with Gasteiger partial charge in [-0.25, -0.2) is 4.79 Å². The molecule has 1 N–H and O–H groups in total. The Kier molecular flexibility index (Phi) is 8.17. The van der Waals surface area contributed by atoms with Gasteiger partial charge in [-0.3, -0.25) is 0 Å². The fourth-order valence-electron chi connectivity index (χ4n) is 3.95. The summed E-state index contributed by atoms with van der Waals surface area (Å²) < 4.78 is 38.4. The Morgan fingerprint density at radius 3 is 2.16 bits per heavy atom. The van der Waals surface area contributed by atoms with Crippen LogP contribution in [0.5, 0.6) is 28.7 Å². The normalized spacial score (nSPS) is 10.9. The molecule has 0 radical (unpaired) electrons. The van der Waals surface area contributed by atoms with Crippen molar-refractivity contribution in [1.82, 2.24) is 0 Å². The topological polar surface area (TPSA) is 106 Å². The molecule has 9 nitrogen and oxygen atoms in total. The Hall–Kier alpha value is -4.21. The van der Waals surface area contributed by atoms with Crippen molar-refractivity contribution in [3.63, 3.8) is 0 Å². The van der Waals surface area contributed by atoms with Crippen LogP contribution in [0.1, 0.15) is 11.1 Å². The minimum Gasteiger partial charge on any atom is -0.506 e. The maximum absolute atomic E-state index is 13.2. The molecule has 1 aromatic heterocycles. The third-order valence-electron chi connectivity index (χ3n) is 5.74. The van der Waals surface area contributed by atoms with Crippen molar-refractivity contribution in [3.8, 4) is 39.9 Å². The summed E-state index contributed by atoms with van der Waals surface area (Å²) in [5, 5.41) is 11.6. The van der Waals surface area contributed by atoms with Crippen LogP contribution in [0.15, 0.2) is 63.8 Å². The SMILES string of the molecule is COCOCc1cc(OC)c(OCc2ccccc2)cc1-c1c(O)c2cc(OC)c(OC)cc2oc1=O. The van der Waals surface area contributed by atoms with Gasteiger partial charge in [-0.15, -0.1) is 0 Å². The first kappa shape index (κ1) is 25.9. The predicted octanol–water partition coefficient (Wildman–Crippen LogP) is 4.89. The Bertz CT molecular complexity index is 1430. The van der Waals surface area contributed by atoms with Crippen LogP contribution in [0, 0.1) is 0 Å². The van der Waals surface area contributed by atoms with Crippen molar-refractivity contribution in [2.45, 2.75) is 13.2 Å². The molecule has 9 heteroatoms. The van der Waals surface area contributed by atoms with E-state index in [0.29, 0.717) is 34.1 Å². The molecule has 4 rings (SSSR count). The van der Waals surface area contributed by atoms with Crippen molar-refractivity contribution < 1.29 is 37.9 Å². The molecular weight excluding hydrogens is 480 g/mol. The molecule has 0 spiro atoms. The van der Waals surface area contributed by atoms with E-state index >= 15 is 0 Å². The van der Waals surface area contributed by atoms with E-state index in [0.717, 1.165) is 5.56 Å². The zero-order valence-corrected chi connectivity index (χ0v) is 21.0. The van der Waals surface area contributed by atoms with Gasteiger partial charge in [0.1, 0.15) is 30.3 Å². The van der Waals surface area contributed by atoms with Gasteiger partial charge in [-0.05, 0) is 29.3 Å². The van der Waals surface area contributed by atoms with Crippen LogP contribution in [-0.4, -0.2) is 40.3 Å². The van der Waals surface area contributed by atoms with Crippen LogP contribution in [0.4, 0.5) is 0 Å². The molecule has 0 amide bonds. The second kappa shape index (κ2) is 11.7. The molecule has 4 aromatic rings. The lowest BCUT2D eigenvalue weighted by molar-refractivity contribution is -0.0389. The number of benzene rings is 3. The van der Waals surface area contributed by atoms with Gasteiger partial charge < -0.3 is 37.9 Å². The molecular formula is C28H28O9. The zero-order valence-electron chi connectivity index (χ0n) is 21.0. The third kappa shape index (κ3) is 5.47. The van der Waals surface area contributed by atoms with Crippen LogP contribution in [0.3, 0.4) is 0 Å². The molecule has 3 aromatic carbocycles. The molecule has 0 aliphatic rings. The summed E-state index contributed by atoms with van der Waals surface area (Å²) in [4.78, 5) is 13.2. The molecule has 194 valence electrons. The highest BCUT2D eigenvalue weighted by Crippen LogP contribution is 2.43. The van der Waals surface area contributed by atoms with E-state index in [9.17, 15) is 9.90 Å². The van der Waals surface area contributed by atoms with E-state index < -0.39 is 5.63 Å². The van der Waals surface area contributed by atoms with E-state index in [-0.39, 0.29) is 42.3 Å². The van der Waals surface area contributed by atoms with E-state index in [1.807, 2.05) is 30.3 Å². The highest BCUT2D eigenvalue weighted by molar-refractivity contribution is 5.93. The maximum Gasteiger partial charge on any atom is 0.347 e. The first-order valence-corrected chi connectivity index (χ1v) is 11.4. The van der Waals surface area contributed by atoms with Crippen LogP contribution in [0.25, 0.3) is 22.1 Å². The van der Waals surface area contributed by atoms with Crippen molar-refractivity contribution >= 4 is 11.0 Å². The number of methoxy groups -OCH3 is 4. The van der Waals surface area contributed by atoms with Crippen LogP contribution in [0.2, 0.25) is 0 Å². The Morgan fingerprint density at radius 2 is 1.49 bits per heavy atom. The molecule has 0 saturated carbocycles. The largest absolute Gasteiger partial charge is 0.506 e. The lowest BCUT2D eigenvalue weighted by Crippen LogP contribution is -2.08. The van der Waals surface area contributed by atoms with Crippen LogP contribution in [-0.2, 0) is 22.7 Å². The highest BCUT2D eigenvalue weighted by atomic mass is 16.7. The summed E-state index contributed by atoms with van der Waals surface area (Å²) in [7, 11) is 5.97. The van der Waals surface area contributed by atoms with Gasteiger partial charge in [0.2, 0.25) is 0 Å². The first-order chi connectivity index (χ1) is 18.0. The quantitative estimate of drug-likeness (QED) is 0.172. The van der Waals surface area contributed by atoms with E-state index in [1.54, 1.807) is 18.2 Å². The van der Waals surface area contributed by atoms with Crippen molar-refractivity contribution in [1.29, 1.82) is 0 Å². The number of ether oxygens (including phenoxy) is 6. The third-order valence-corrected chi connectivity index (χ3v) is 5.74. The summed E-state index contributed by atoms with van der Waals surface area (Å²) in [6.45, 7) is 0.371. The van der Waals surface area contributed by atoms with Gasteiger partial charge >= 0.3 is 5.63 Å². The van der Waals surface area contributed by atoms with Crippen molar-refractivity contribution in [2.75, 3.05) is 35.2 Å². The standard InChI is InChI=1S/C28H28O9/c1-31-16-35-15-18-10-22(32-2)25(36-14-17-8-6-5-7-9-17)11-19(18)26-27(29)20-12-23(33-3)24(34-4)13-21(20)37-28(26)30/h5-13,29H,14-16H2,1-4H3. The van der Waals surface area contributed by atoms with E-state index in [4.69, 9.17) is 32.8 Å². The average molecular weight is 509 g/mol. The Balaban J connectivity index is 1.88. The fraction of sp³-hybridized carbons (Fsp3) is 0.250. The number of rotatable bonds is 11. The molecule has 0 atom stereocenters. The van der Waals surface area contributed by atoms with Gasteiger partial charge in [0.05, 0.1) is 33.3 Å². The smallest absolute Gasteiger partial charge is 0.347 e. The Morgan fingerprint density at radius 1 is 0.811 bits per heavy atom. The van der Waals surface area contributed by atoms with Gasteiger partial charge in [0.15, 0.2) is 23.0 Å². The summed E-state index contributed by atoms with van der Waals surface area (Å²) >= 11 is 0. The molecule has 0 saturated heterocycles. The van der Waals surface area contributed by atoms with Crippen LogP contribution >= 0.6 is 0 Å². The van der Waals surface area contributed by atoms with Crippen molar-refractivity contribution in [2.24, 2.45) is 0 Å². The molecule has 0 bridgehead atoms. The summed E-state index contributed by atoms with van der Waals surface area (Å²) in [5.41, 5.74) is 1.22. The molecule has 0 fully saturated rings. The van der Waals surface area contributed by atoms with Crippen LogP contribution < -0.4 is 24.6 Å². The molecule has 1 heterocycles. The first-order valence-electron chi connectivity index (χ1n) is 11.4. The highest BCUT2D eigenvalue weighted by Gasteiger charge is 2.23. The lowest BCUT2D eigenvalue weighted by atomic mass is 9.98. The van der Waals surface area contributed by atoms with Gasteiger partial charge in [-0.2, -0.15) is 0 Å². The number of fused-ring (bicyclic) bond motifs is 1. The van der Waals surface area contributed by atoms with E-state index in [1.165, 1.54) is 34.5 Å². The van der Waals surface area contributed by atoms with Gasteiger partial charge in [-0.1, -0.05) is 30.3 Å². The second-order valence-corrected chi connectivity index (χ2v) is 8.01. The number of hydrogen-bond acceptors (Lipinski definition) is 9. The average Bonchev–Trinajstić information content (AvgIpc) is 2.92.